The van der Waals surface area contributed by atoms with Crippen LogP contribution in [0.4, 0.5) is 13.2 Å². The molecule has 0 spiro atoms. The molecular weight excluding hydrogens is 513 g/mol. The lowest BCUT2D eigenvalue weighted by Gasteiger charge is -2.27. The van der Waals surface area contributed by atoms with Gasteiger partial charge in [-0.25, -0.2) is 0 Å². The van der Waals surface area contributed by atoms with Crippen molar-refractivity contribution >= 4 is 0 Å². The molecule has 0 nitrogen and oxygen atoms in total. The standard InChI is InChI=1S/C38H27F3/c1-26-33(27-14-6-2-7-15-27)35(28-16-8-3-9-17-28)37(30-20-12-5-13-21-30)36(29-18-10-4-11-19-29)34(26)31-22-24-32(25-23-31)38(39,40)41/h2-25H,1H3. The lowest BCUT2D eigenvalue weighted by molar-refractivity contribution is -0.137. The number of benzene rings is 6. The van der Waals surface area contributed by atoms with Crippen molar-refractivity contribution in [3.63, 3.8) is 0 Å². The SMILES string of the molecule is Cc1c(-c2ccccc2)c(-c2ccccc2)c(-c2ccccc2)c(-c2ccccc2)c1-c1ccc(C(F)(F)F)cc1. The Morgan fingerprint density at radius 3 is 0.927 bits per heavy atom. The zero-order valence-electron chi connectivity index (χ0n) is 22.5. The molecule has 0 N–H and O–H groups in total. The molecule has 6 aromatic carbocycles. The Morgan fingerprint density at radius 2 is 0.610 bits per heavy atom. The van der Waals surface area contributed by atoms with Gasteiger partial charge in [-0.1, -0.05) is 133 Å². The zero-order chi connectivity index (χ0) is 28.4. The van der Waals surface area contributed by atoms with Crippen molar-refractivity contribution in [2.45, 2.75) is 13.1 Å². The number of hydrogen-bond donors (Lipinski definition) is 0. The summed E-state index contributed by atoms with van der Waals surface area (Å²) in [5.41, 5.74) is 10.4. The molecule has 0 saturated heterocycles. The smallest absolute Gasteiger partial charge is 0.166 e. The van der Waals surface area contributed by atoms with Crippen molar-refractivity contribution in [3.05, 3.63) is 157 Å². The molecule has 0 aliphatic carbocycles. The number of halogens is 3. The van der Waals surface area contributed by atoms with Crippen molar-refractivity contribution in [3.8, 4) is 55.6 Å². The maximum Gasteiger partial charge on any atom is 0.416 e. The molecule has 0 radical (unpaired) electrons. The van der Waals surface area contributed by atoms with Gasteiger partial charge >= 0.3 is 6.18 Å². The van der Waals surface area contributed by atoms with E-state index in [2.05, 4.69) is 55.5 Å². The maximum absolute atomic E-state index is 13.6. The van der Waals surface area contributed by atoms with Gasteiger partial charge in [0.15, 0.2) is 0 Å². The molecular formula is C38H27F3. The summed E-state index contributed by atoms with van der Waals surface area (Å²) in [6.07, 6.45) is -4.41. The molecule has 0 amide bonds. The summed E-state index contributed by atoms with van der Waals surface area (Å²) in [5, 5.41) is 0. The van der Waals surface area contributed by atoms with Crippen LogP contribution in [0, 0.1) is 6.92 Å². The van der Waals surface area contributed by atoms with Crippen LogP contribution in [-0.4, -0.2) is 0 Å². The Morgan fingerprint density at radius 1 is 0.341 bits per heavy atom. The highest BCUT2D eigenvalue weighted by Gasteiger charge is 2.31. The third-order valence-corrected chi connectivity index (χ3v) is 7.50. The van der Waals surface area contributed by atoms with E-state index in [1.165, 1.54) is 12.1 Å². The van der Waals surface area contributed by atoms with Gasteiger partial charge in [-0.3, -0.25) is 0 Å². The second-order valence-electron chi connectivity index (χ2n) is 10.0. The van der Waals surface area contributed by atoms with Gasteiger partial charge in [-0.15, -0.1) is 0 Å². The minimum Gasteiger partial charge on any atom is -0.166 e. The fourth-order valence-electron chi connectivity index (χ4n) is 5.71. The highest BCUT2D eigenvalue weighted by Crippen LogP contribution is 2.52. The molecule has 0 aliphatic rings. The summed E-state index contributed by atoms with van der Waals surface area (Å²) in [4.78, 5) is 0. The fraction of sp³-hybridized carbons (Fsp3) is 0.0526. The quantitative estimate of drug-likeness (QED) is 0.204. The van der Waals surface area contributed by atoms with E-state index in [0.29, 0.717) is 0 Å². The predicted octanol–water partition coefficient (Wildman–Crippen LogP) is 11.3. The third kappa shape index (κ3) is 5.07. The zero-order valence-corrected chi connectivity index (χ0v) is 22.5. The van der Waals surface area contributed by atoms with E-state index in [4.69, 9.17) is 0 Å². The fourth-order valence-corrected chi connectivity index (χ4v) is 5.71. The molecule has 0 aromatic heterocycles. The lowest BCUT2D eigenvalue weighted by atomic mass is 9.76. The highest BCUT2D eigenvalue weighted by atomic mass is 19.4. The second-order valence-corrected chi connectivity index (χ2v) is 10.0. The molecule has 0 saturated carbocycles. The minimum absolute atomic E-state index is 0.660. The Balaban J connectivity index is 1.83. The van der Waals surface area contributed by atoms with E-state index in [-0.39, 0.29) is 0 Å². The third-order valence-electron chi connectivity index (χ3n) is 7.50. The number of alkyl halides is 3. The normalized spacial score (nSPS) is 11.4. The first kappa shape index (κ1) is 26.3. The largest absolute Gasteiger partial charge is 0.416 e. The van der Waals surface area contributed by atoms with Gasteiger partial charge in [0.1, 0.15) is 0 Å². The van der Waals surface area contributed by atoms with Crippen molar-refractivity contribution in [1.29, 1.82) is 0 Å². The summed E-state index contributed by atoms with van der Waals surface area (Å²) in [7, 11) is 0. The predicted molar refractivity (Wildman–Crippen MR) is 163 cm³/mol. The van der Waals surface area contributed by atoms with E-state index < -0.39 is 11.7 Å². The van der Waals surface area contributed by atoms with E-state index in [1.54, 1.807) is 12.1 Å². The van der Waals surface area contributed by atoms with Crippen LogP contribution in [0.2, 0.25) is 0 Å². The van der Waals surface area contributed by atoms with Crippen LogP contribution in [-0.2, 0) is 6.18 Å². The van der Waals surface area contributed by atoms with Gasteiger partial charge in [0.05, 0.1) is 5.56 Å². The van der Waals surface area contributed by atoms with Gasteiger partial charge in [-0.05, 0) is 80.3 Å². The van der Waals surface area contributed by atoms with Gasteiger partial charge in [0.2, 0.25) is 0 Å². The summed E-state index contributed by atoms with van der Waals surface area (Å²) in [6, 6.07) is 46.5. The monoisotopic (exact) mass is 540 g/mol. The van der Waals surface area contributed by atoms with Gasteiger partial charge in [0.25, 0.3) is 0 Å². The minimum atomic E-state index is -4.41. The van der Waals surface area contributed by atoms with E-state index >= 15 is 0 Å². The molecule has 0 heterocycles. The van der Waals surface area contributed by atoms with Crippen LogP contribution in [0.1, 0.15) is 11.1 Å². The van der Waals surface area contributed by atoms with Gasteiger partial charge < -0.3 is 0 Å². The molecule has 3 heteroatoms. The summed E-state index contributed by atoms with van der Waals surface area (Å²) < 4.78 is 40.7. The highest BCUT2D eigenvalue weighted by molar-refractivity contribution is 6.09. The first-order valence-electron chi connectivity index (χ1n) is 13.5. The topological polar surface area (TPSA) is 0 Å². The molecule has 6 aromatic rings. The van der Waals surface area contributed by atoms with Gasteiger partial charge in [-0.2, -0.15) is 13.2 Å². The van der Waals surface area contributed by atoms with E-state index in [0.717, 1.165) is 61.2 Å². The molecule has 41 heavy (non-hydrogen) atoms. The van der Waals surface area contributed by atoms with Crippen LogP contribution in [0.3, 0.4) is 0 Å². The second kappa shape index (κ2) is 10.9. The van der Waals surface area contributed by atoms with Crippen molar-refractivity contribution in [1.82, 2.24) is 0 Å². The van der Waals surface area contributed by atoms with Crippen LogP contribution in [0.5, 0.6) is 0 Å². The summed E-state index contributed by atoms with van der Waals surface area (Å²) in [5.74, 6) is 0. The molecule has 0 bridgehead atoms. The molecule has 0 fully saturated rings. The van der Waals surface area contributed by atoms with Crippen LogP contribution in [0.15, 0.2) is 146 Å². The lowest BCUT2D eigenvalue weighted by Crippen LogP contribution is -2.05. The molecule has 0 unspecified atom stereocenters. The average Bonchev–Trinajstić information content (AvgIpc) is 3.02. The van der Waals surface area contributed by atoms with Crippen LogP contribution < -0.4 is 0 Å². The Kier molecular flexibility index (Phi) is 7.03. The maximum atomic E-state index is 13.6. The first-order chi connectivity index (χ1) is 19.9. The van der Waals surface area contributed by atoms with Gasteiger partial charge in [0, 0.05) is 0 Å². The van der Waals surface area contributed by atoms with Crippen LogP contribution >= 0.6 is 0 Å². The van der Waals surface area contributed by atoms with E-state index in [9.17, 15) is 13.2 Å². The van der Waals surface area contributed by atoms with Crippen molar-refractivity contribution in [2.24, 2.45) is 0 Å². The molecule has 200 valence electrons. The summed E-state index contributed by atoms with van der Waals surface area (Å²) >= 11 is 0. The van der Waals surface area contributed by atoms with Crippen molar-refractivity contribution in [2.75, 3.05) is 0 Å². The molecule has 6 rings (SSSR count). The molecule has 0 atom stereocenters. The first-order valence-corrected chi connectivity index (χ1v) is 13.5. The Labute approximate surface area is 238 Å². The van der Waals surface area contributed by atoms with Crippen molar-refractivity contribution < 1.29 is 13.2 Å². The number of rotatable bonds is 5. The summed E-state index contributed by atoms with van der Waals surface area (Å²) in [6.45, 7) is 2.09. The molecule has 0 aliphatic heterocycles. The van der Waals surface area contributed by atoms with E-state index in [1.807, 2.05) is 72.8 Å². The van der Waals surface area contributed by atoms with Crippen LogP contribution in [0.25, 0.3) is 55.6 Å². The average molecular weight is 541 g/mol. The number of hydrogen-bond acceptors (Lipinski definition) is 0. The Hall–Kier alpha value is -4.89. The Bertz CT molecular complexity index is 1770.